The second-order valence-electron chi connectivity index (χ2n) is 8.02. The third kappa shape index (κ3) is 7.07. The van der Waals surface area contributed by atoms with Crippen molar-refractivity contribution in [1.82, 2.24) is 4.98 Å². The van der Waals surface area contributed by atoms with E-state index in [2.05, 4.69) is 17.1 Å². The Morgan fingerprint density at radius 1 is 1.03 bits per heavy atom. The Morgan fingerprint density at radius 2 is 1.75 bits per heavy atom. The van der Waals surface area contributed by atoms with Crippen LogP contribution in [0.3, 0.4) is 0 Å². The first-order chi connectivity index (χ1) is 15.4. The topological polar surface area (TPSA) is 85.7 Å². The summed E-state index contributed by atoms with van der Waals surface area (Å²) in [6, 6.07) is 18.0. The third-order valence-electron chi connectivity index (χ3n) is 5.00. The molecule has 1 unspecified atom stereocenters. The number of rotatable bonds is 12. The molecule has 6 nitrogen and oxygen atoms in total. The number of phosphoric ester groups is 1. The lowest BCUT2D eigenvalue weighted by Crippen LogP contribution is -2.06. The molecule has 0 fully saturated rings. The molecule has 7 heteroatoms. The van der Waals surface area contributed by atoms with Gasteiger partial charge in [-0.25, -0.2) is 4.57 Å². The Hall–Kier alpha value is -2.37. The van der Waals surface area contributed by atoms with Gasteiger partial charge in [0.25, 0.3) is 0 Å². The number of carbonyl (C=O) groups excluding carboxylic acids is 1. The Labute approximate surface area is 189 Å². The molecular formula is C25H30NO5P. The fraction of sp³-hybridized carbons (Fsp3) is 0.360. The minimum absolute atomic E-state index is 0.126. The van der Waals surface area contributed by atoms with Gasteiger partial charge in [0.2, 0.25) is 0 Å². The molecule has 32 heavy (non-hydrogen) atoms. The summed E-state index contributed by atoms with van der Waals surface area (Å²) in [5, 5.41) is 1.04. The van der Waals surface area contributed by atoms with Crippen molar-refractivity contribution in [3.63, 3.8) is 0 Å². The van der Waals surface area contributed by atoms with E-state index in [1.807, 2.05) is 48.7 Å². The van der Waals surface area contributed by atoms with Crippen LogP contribution in [0.2, 0.25) is 0 Å². The lowest BCUT2D eigenvalue weighted by Gasteiger charge is -2.14. The van der Waals surface area contributed by atoms with Gasteiger partial charge < -0.3 is 4.89 Å². The molecule has 0 saturated heterocycles. The van der Waals surface area contributed by atoms with E-state index < -0.39 is 7.82 Å². The van der Waals surface area contributed by atoms with Crippen LogP contribution in [0.15, 0.2) is 60.8 Å². The number of hydrogen-bond acceptors (Lipinski definition) is 5. The van der Waals surface area contributed by atoms with Crippen molar-refractivity contribution >= 4 is 24.5 Å². The highest BCUT2D eigenvalue weighted by molar-refractivity contribution is 7.47. The standard InChI is InChI=1S/C25H30NO5P/c1-19(2)31-32(28,29)30-16-10-4-7-13-22(27)17-21-18-26-24-15-9-8-14-23(24)25(21)20-11-5-3-6-12-20/h3,5-6,8-9,11-12,14-15,18-19H,4,7,10,13,16-17H2,1-2H3,(H,28,29). The summed E-state index contributed by atoms with van der Waals surface area (Å²) in [4.78, 5) is 26.8. The molecule has 0 saturated carbocycles. The number of Topliss-reactive ketones (excluding diaryl/α,β-unsaturated/α-hetero) is 1. The Balaban J connectivity index is 1.57. The van der Waals surface area contributed by atoms with Crippen molar-refractivity contribution in [2.75, 3.05) is 6.61 Å². The molecule has 0 aliphatic rings. The van der Waals surface area contributed by atoms with Crippen LogP contribution in [0.1, 0.15) is 45.1 Å². The van der Waals surface area contributed by atoms with Crippen LogP contribution in [0.25, 0.3) is 22.0 Å². The molecule has 0 radical (unpaired) electrons. The maximum Gasteiger partial charge on any atom is 0.472 e. The van der Waals surface area contributed by atoms with E-state index in [9.17, 15) is 14.3 Å². The molecule has 0 aliphatic heterocycles. The lowest BCUT2D eigenvalue weighted by atomic mass is 9.93. The van der Waals surface area contributed by atoms with Gasteiger partial charge in [0.15, 0.2) is 0 Å². The SMILES string of the molecule is CC(C)OP(=O)(O)OCCCCCC(=O)Cc1cnc2ccccc2c1-c1ccccc1. The molecule has 2 aromatic carbocycles. The van der Waals surface area contributed by atoms with E-state index in [0.717, 1.165) is 34.0 Å². The highest BCUT2D eigenvalue weighted by atomic mass is 31.2. The maximum absolute atomic E-state index is 12.7. The van der Waals surface area contributed by atoms with E-state index in [-0.39, 0.29) is 18.5 Å². The maximum atomic E-state index is 12.7. The van der Waals surface area contributed by atoms with Crippen molar-refractivity contribution in [3.05, 3.63) is 66.4 Å². The lowest BCUT2D eigenvalue weighted by molar-refractivity contribution is -0.118. The second kappa shape index (κ2) is 11.5. The first-order valence-corrected chi connectivity index (χ1v) is 12.4. The number of pyridine rings is 1. The Morgan fingerprint density at radius 3 is 2.50 bits per heavy atom. The quantitative estimate of drug-likeness (QED) is 0.262. The molecule has 0 bridgehead atoms. The molecule has 1 aromatic heterocycles. The molecule has 3 aromatic rings. The minimum atomic E-state index is -3.99. The fourth-order valence-electron chi connectivity index (χ4n) is 3.64. The molecule has 0 spiro atoms. The average molecular weight is 455 g/mol. The number of fused-ring (bicyclic) bond motifs is 1. The highest BCUT2D eigenvalue weighted by Crippen LogP contribution is 2.44. The van der Waals surface area contributed by atoms with E-state index in [4.69, 9.17) is 9.05 Å². The molecule has 170 valence electrons. The van der Waals surface area contributed by atoms with Crippen LogP contribution in [0, 0.1) is 0 Å². The number of ketones is 1. The fourth-order valence-corrected chi connectivity index (χ4v) is 4.59. The van der Waals surface area contributed by atoms with E-state index in [0.29, 0.717) is 25.7 Å². The zero-order chi connectivity index (χ0) is 23.0. The molecule has 1 heterocycles. The monoisotopic (exact) mass is 455 g/mol. The van der Waals surface area contributed by atoms with Gasteiger partial charge in [0.1, 0.15) is 5.78 Å². The summed E-state index contributed by atoms with van der Waals surface area (Å²) in [5.41, 5.74) is 3.96. The number of para-hydroxylation sites is 1. The zero-order valence-electron chi connectivity index (χ0n) is 18.6. The van der Waals surface area contributed by atoms with Gasteiger partial charge in [-0.05, 0) is 49.4 Å². The average Bonchev–Trinajstić information content (AvgIpc) is 2.75. The summed E-state index contributed by atoms with van der Waals surface area (Å²) >= 11 is 0. The number of unbranched alkanes of at least 4 members (excludes halogenated alkanes) is 2. The van der Waals surface area contributed by atoms with Gasteiger partial charge >= 0.3 is 7.82 Å². The van der Waals surface area contributed by atoms with E-state index in [1.54, 1.807) is 13.8 Å². The van der Waals surface area contributed by atoms with Crippen LogP contribution in [0.5, 0.6) is 0 Å². The summed E-state index contributed by atoms with van der Waals surface area (Å²) in [7, 11) is -3.99. The van der Waals surface area contributed by atoms with Gasteiger partial charge in [-0.1, -0.05) is 55.0 Å². The van der Waals surface area contributed by atoms with Gasteiger partial charge in [0.05, 0.1) is 18.2 Å². The smallest absolute Gasteiger partial charge is 0.302 e. The van der Waals surface area contributed by atoms with Gasteiger partial charge in [0, 0.05) is 24.4 Å². The van der Waals surface area contributed by atoms with E-state index >= 15 is 0 Å². The van der Waals surface area contributed by atoms with Gasteiger partial charge in [-0.15, -0.1) is 0 Å². The molecule has 0 aliphatic carbocycles. The largest absolute Gasteiger partial charge is 0.472 e. The summed E-state index contributed by atoms with van der Waals surface area (Å²) < 4.78 is 21.5. The molecule has 1 atom stereocenters. The Bertz CT molecular complexity index is 1080. The Kier molecular flexibility index (Phi) is 8.71. The predicted octanol–water partition coefficient (Wildman–Crippen LogP) is 6.12. The summed E-state index contributed by atoms with van der Waals surface area (Å²) in [6.07, 6.45) is 4.22. The number of carbonyl (C=O) groups is 1. The van der Waals surface area contributed by atoms with Crippen LogP contribution in [-0.2, 0) is 24.8 Å². The molecule has 0 amide bonds. The normalized spacial score (nSPS) is 13.4. The minimum Gasteiger partial charge on any atom is -0.302 e. The number of hydrogen-bond donors (Lipinski definition) is 1. The number of phosphoric acid groups is 1. The molecular weight excluding hydrogens is 425 g/mol. The van der Waals surface area contributed by atoms with Gasteiger partial charge in [-0.3, -0.25) is 18.8 Å². The number of nitrogens with zero attached hydrogens (tertiary/aromatic N) is 1. The molecule has 1 N–H and O–H groups in total. The van der Waals surface area contributed by atoms with Crippen LogP contribution in [-0.4, -0.2) is 28.4 Å². The first-order valence-electron chi connectivity index (χ1n) is 11.0. The van der Waals surface area contributed by atoms with Crippen molar-refractivity contribution < 1.29 is 23.3 Å². The third-order valence-corrected chi connectivity index (χ3v) is 6.20. The van der Waals surface area contributed by atoms with Gasteiger partial charge in [-0.2, -0.15) is 0 Å². The summed E-state index contributed by atoms with van der Waals surface area (Å²) in [5.74, 6) is 0.149. The second-order valence-corrected chi connectivity index (χ2v) is 9.43. The highest BCUT2D eigenvalue weighted by Gasteiger charge is 2.22. The predicted molar refractivity (Wildman–Crippen MR) is 126 cm³/mol. The van der Waals surface area contributed by atoms with Crippen molar-refractivity contribution in [2.24, 2.45) is 0 Å². The van der Waals surface area contributed by atoms with Crippen molar-refractivity contribution in [3.8, 4) is 11.1 Å². The summed E-state index contributed by atoms with van der Waals surface area (Å²) in [6.45, 7) is 3.47. The van der Waals surface area contributed by atoms with Crippen molar-refractivity contribution in [1.29, 1.82) is 0 Å². The van der Waals surface area contributed by atoms with Crippen LogP contribution in [0.4, 0.5) is 0 Å². The van der Waals surface area contributed by atoms with Crippen molar-refractivity contribution in [2.45, 2.75) is 52.1 Å². The number of benzene rings is 2. The van der Waals surface area contributed by atoms with Crippen LogP contribution < -0.4 is 0 Å². The van der Waals surface area contributed by atoms with E-state index in [1.165, 1.54) is 0 Å². The van der Waals surface area contributed by atoms with Crippen LogP contribution >= 0.6 is 7.82 Å². The number of aromatic nitrogens is 1. The zero-order valence-corrected chi connectivity index (χ0v) is 19.5. The first kappa shape index (κ1) is 24.3. The molecule has 3 rings (SSSR count).